The van der Waals surface area contributed by atoms with Crippen LogP contribution in [0.5, 0.6) is 5.75 Å². The zero-order chi connectivity index (χ0) is 29.5. The van der Waals surface area contributed by atoms with Crippen molar-refractivity contribution in [3.05, 3.63) is 89.0 Å². The van der Waals surface area contributed by atoms with Crippen LogP contribution in [0.4, 0.5) is 11.4 Å². The Kier molecular flexibility index (Phi) is 9.13. The van der Waals surface area contributed by atoms with E-state index in [4.69, 9.17) is 10.5 Å². The number of anilines is 2. The molecular formula is C32H35N5O5. The van der Waals surface area contributed by atoms with Gasteiger partial charge in [0, 0.05) is 41.5 Å². The number of carbonyl (C=O) groups is 4. The van der Waals surface area contributed by atoms with E-state index in [0.717, 1.165) is 37.7 Å². The number of rotatable bonds is 12. The van der Waals surface area contributed by atoms with Crippen LogP contribution in [-0.4, -0.2) is 54.3 Å². The number of unbranched alkanes of at least 4 members (excludes halogenated alkanes) is 2. The zero-order valence-electron chi connectivity index (χ0n) is 23.4. The summed E-state index contributed by atoms with van der Waals surface area (Å²) in [5.41, 5.74) is 8.92. The summed E-state index contributed by atoms with van der Waals surface area (Å²) < 4.78 is 5.48. The van der Waals surface area contributed by atoms with Crippen LogP contribution in [0.2, 0.25) is 0 Å². The molecule has 0 atom stereocenters. The highest BCUT2D eigenvalue weighted by atomic mass is 16.5. The quantitative estimate of drug-likeness (QED) is 0.244. The highest BCUT2D eigenvalue weighted by Gasteiger charge is 2.33. The van der Waals surface area contributed by atoms with E-state index in [2.05, 4.69) is 16.0 Å². The molecule has 10 heteroatoms. The summed E-state index contributed by atoms with van der Waals surface area (Å²) in [5.74, 6) is -0.331. The minimum absolute atomic E-state index is 0.0757. The molecule has 0 spiro atoms. The number of nitrogens with zero attached hydrogens (tertiary/aromatic N) is 1. The predicted octanol–water partition coefficient (Wildman–Crippen LogP) is 3.93. The van der Waals surface area contributed by atoms with Crippen LogP contribution in [0.25, 0.3) is 0 Å². The molecule has 0 unspecified atom stereocenters. The van der Waals surface area contributed by atoms with Crippen LogP contribution in [0, 0.1) is 0 Å². The number of ether oxygens (including phenoxy) is 1. The molecule has 1 heterocycles. The molecule has 5 N–H and O–H groups in total. The molecule has 42 heavy (non-hydrogen) atoms. The fourth-order valence-corrected chi connectivity index (χ4v) is 4.78. The molecule has 0 aromatic heterocycles. The van der Waals surface area contributed by atoms with E-state index in [1.165, 1.54) is 0 Å². The Labute approximate surface area is 244 Å². The summed E-state index contributed by atoms with van der Waals surface area (Å²) in [6.45, 7) is 1.55. The van der Waals surface area contributed by atoms with Crippen LogP contribution < -0.4 is 26.4 Å². The third kappa shape index (κ3) is 7.32. The van der Waals surface area contributed by atoms with Crippen LogP contribution in [0.1, 0.15) is 68.7 Å². The van der Waals surface area contributed by atoms with E-state index in [1.54, 1.807) is 54.6 Å². The third-order valence-corrected chi connectivity index (χ3v) is 7.23. The second-order valence-electron chi connectivity index (χ2n) is 10.5. The molecule has 1 saturated carbocycles. The lowest BCUT2D eigenvalue weighted by Gasteiger charge is -2.24. The van der Waals surface area contributed by atoms with Gasteiger partial charge >= 0.3 is 0 Å². The molecule has 3 aromatic rings. The van der Waals surface area contributed by atoms with Crippen molar-refractivity contribution in [3.8, 4) is 5.75 Å². The van der Waals surface area contributed by atoms with Gasteiger partial charge in [-0.15, -0.1) is 0 Å². The zero-order valence-corrected chi connectivity index (χ0v) is 23.4. The molecule has 1 fully saturated rings. The van der Waals surface area contributed by atoms with E-state index in [0.29, 0.717) is 53.4 Å². The first kappa shape index (κ1) is 28.8. The number of hydrogen-bond donors (Lipinski definition) is 4. The number of carbonyl (C=O) groups excluding carboxylic acids is 4. The minimum atomic E-state index is -0.294. The van der Waals surface area contributed by atoms with Gasteiger partial charge in [-0.1, -0.05) is 24.6 Å². The summed E-state index contributed by atoms with van der Waals surface area (Å²) in [6, 6.07) is 19.2. The van der Waals surface area contributed by atoms with Gasteiger partial charge in [0.1, 0.15) is 5.75 Å². The van der Waals surface area contributed by atoms with Gasteiger partial charge in [0.2, 0.25) is 0 Å². The molecule has 218 valence electrons. The molecule has 5 rings (SSSR count). The Hall–Kier alpha value is -4.70. The van der Waals surface area contributed by atoms with E-state index in [-0.39, 0.29) is 36.3 Å². The highest BCUT2D eigenvalue weighted by Crippen LogP contribution is 2.33. The fraction of sp³-hybridized carbons (Fsp3) is 0.312. The summed E-state index contributed by atoms with van der Waals surface area (Å²) in [7, 11) is 0. The summed E-state index contributed by atoms with van der Waals surface area (Å²) in [6.07, 6.45) is 4.64. The second kappa shape index (κ2) is 13.3. The highest BCUT2D eigenvalue weighted by molar-refractivity contribution is 6.05. The Morgan fingerprint density at radius 3 is 2.45 bits per heavy atom. The van der Waals surface area contributed by atoms with Crippen LogP contribution in [0.15, 0.2) is 66.7 Å². The molecular weight excluding hydrogens is 534 g/mol. The van der Waals surface area contributed by atoms with Crippen molar-refractivity contribution < 1.29 is 23.9 Å². The van der Waals surface area contributed by atoms with Gasteiger partial charge in [-0.25, -0.2) is 0 Å². The van der Waals surface area contributed by atoms with Gasteiger partial charge in [0.05, 0.1) is 5.69 Å². The topological polar surface area (TPSA) is 143 Å². The number of benzene rings is 3. The lowest BCUT2D eigenvalue weighted by molar-refractivity contribution is -0.118. The molecule has 1 aliphatic carbocycles. The maximum absolute atomic E-state index is 13.4. The van der Waals surface area contributed by atoms with Crippen molar-refractivity contribution in [2.24, 2.45) is 5.73 Å². The predicted molar refractivity (Wildman–Crippen MR) is 160 cm³/mol. The van der Waals surface area contributed by atoms with Crippen LogP contribution >= 0.6 is 0 Å². The van der Waals surface area contributed by atoms with Crippen molar-refractivity contribution in [2.75, 3.05) is 30.3 Å². The number of nitrogens with one attached hydrogen (secondary N) is 3. The molecule has 10 nitrogen and oxygen atoms in total. The van der Waals surface area contributed by atoms with Gasteiger partial charge in [0.15, 0.2) is 6.61 Å². The molecule has 0 radical (unpaired) electrons. The Balaban J connectivity index is 1.18. The Morgan fingerprint density at radius 2 is 1.69 bits per heavy atom. The normalized spacial score (nSPS) is 13.8. The number of hydrogen-bond acceptors (Lipinski definition) is 6. The smallest absolute Gasteiger partial charge is 0.262 e. The van der Waals surface area contributed by atoms with Crippen LogP contribution in [0.3, 0.4) is 0 Å². The van der Waals surface area contributed by atoms with Gasteiger partial charge in [-0.05, 0) is 86.3 Å². The van der Waals surface area contributed by atoms with Crippen molar-refractivity contribution >= 4 is 35.0 Å². The van der Waals surface area contributed by atoms with E-state index >= 15 is 0 Å². The summed E-state index contributed by atoms with van der Waals surface area (Å²) in [4.78, 5) is 52.2. The SMILES string of the molecule is NCCCCCNC(=O)c1cccc(NC(=O)c2ccc(CN(C(=O)c3ccc4c(c3)OCC(=O)N4)C3CC3)cc2)c1. The van der Waals surface area contributed by atoms with Gasteiger partial charge in [0.25, 0.3) is 23.6 Å². The molecule has 0 bridgehead atoms. The monoisotopic (exact) mass is 569 g/mol. The largest absolute Gasteiger partial charge is 0.482 e. The third-order valence-electron chi connectivity index (χ3n) is 7.23. The Morgan fingerprint density at radius 1 is 0.905 bits per heavy atom. The maximum atomic E-state index is 13.4. The van der Waals surface area contributed by atoms with Gasteiger partial charge < -0.3 is 31.3 Å². The average molecular weight is 570 g/mol. The summed E-state index contributed by atoms with van der Waals surface area (Å²) >= 11 is 0. The second-order valence-corrected chi connectivity index (χ2v) is 10.5. The molecule has 1 aliphatic heterocycles. The average Bonchev–Trinajstić information content (AvgIpc) is 3.85. The summed E-state index contributed by atoms with van der Waals surface area (Å²) in [5, 5.41) is 8.49. The molecule has 3 aromatic carbocycles. The lowest BCUT2D eigenvalue weighted by Crippen LogP contribution is -2.33. The van der Waals surface area contributed by atoms with Crippen molar-refractivity contribution in [1.82, 2.24) is 10.2 Å². The first-order valence-corrected chi connectivity index (χ1v) is 14.3. The Bertz CT molecular complexity index is 1470. The van der Waals surface area contributed by atoms with E-state index in [9.17, 15) is 19.2 Å². The number of fused-ring (bicyclic) bond motifs is 1. The van der Waals surface area contributed by atoms with Gasteiger partial charge in [-0.3, -0.25) is 19.2 Å². The van der Waals surface area contributed by atoms with Crippen LogP contribution in [-0.2, 0) is 11.3 Å². The number of amides is 4. The van der Waals surface area contributed by atoms with E-state index < -0.39 is 0 Å². The minimum Gasteiger partial charge on any atom is -0.482 e. The van der Waals surface area contributed by atoms with Crippen molar-refractivity contribution in [2.45, 2.75) is 44.7 Å². The molecule has 4 amide bonds. The first-order chi connectivity index (χ1) is 20.4. The maximum Gasteiger partial charge on any atom is 0.262 e. The first-order valence-electron chi connectivity index (χ1n) is 14.3. The van der Waals surface area contributed by atoms with Crippen molar-refractivity contribution in [1.29, 1.82) is 0 Å². The fourth-order valence-electron chi connectivity index (χ4n) is 4.78. The van der Waals surface area contributed by atoms with Crippen molar-refractivity contribution in [3.63, 3.8) is 0 Å². The standard InChI is InChI=1S/C32H35N5O5/c33-15-2-1-3-16-34-30(39)23-5-4-6-25(17-23)35-31(40)22-9-7-21(8-10-22)19-37(26-12-13-26)32(41)24-11-14-27-28(18-24)42-20-29(38)36-27/h4-11,14,17-18,26H,1-3,12-13,15-16,19-20,33H2,(H,34,39)(H,35,40)(H,36,38). The molecule has 0 saturated heterocycles. The lowest BCUT2D eigenvalue weighted by atomic mass is 10.1. The molecule has 2 aliphatic rings. The van der Waals surface area contributed by atoms with E-state index in [1.807, 2.05) is 17.0 Å². The number of nitrogens with two attached hydrogens (primary N) is 1. The van der Waals surface area contributed by atoms with Gasteiger partial charge in [-0.2, -0.15) is 0 Å².